The molecule has 0 unspecified atom stereocenters. The van der Waals surface area contributed by atoms with Gasteiger partial charge in [0.15, 0.2) is 0 Å². The van der Waals surface area contributed by atoms with Crippen LogP contribution in [0.1, 0.15) is 25.6 Å². The van der Waals surface area contributed by atoms with E-state index in [0.717, 1.165) is 15.4 Å². The van der Waals surface area contributed by atoms with Crippen LogP contribution in [0.5, 0.6) is 0 Å². The van der Waals surface area contributed by atoms with Gasteiger partial charge in [0, 0.05) is 24.3 Å². The first kappa shape index (κ1) is 18.8. The number of nitrogens with one attached hydrogen (secondary N) is 1. The maximum absolute atomic E-state index is 12.8. The SMILES string of the molecule is Cc1c(NC(=O)c2cnc(-c3cccs3)s2)cccc1C(=O)N1CCOCC1. The largest absolute Gasteiger partial charge is 0.378 e. The molecule has 0 bridgehead atoms. The van der Waals surface area contributed by atoms with Crippen LogP contribution in [0.3, 0.4) is 0 Å². The van der Waals surface area contributed by atoms with E-state index in [2.05, 4.69) is 10.3 Å². The molecule has 6 nitrogen and oxygen atoms in total. The minimum atomic E-state index is -0.223. The molecule has 1 saturated heterocycles. The van der Waals surface area contributed by atoms with E-state index in [9.17, 15) is 9.59 Å². The van der Waals surface area contributed by atoms with Crippen molar-refractivity contribution in [2.24, 2.45) is 0 Å². The van der Waals surface area contributed by atoms with Crippen molar-refractivity contribution < 1.29 is 14.3 Å². The summed E-state index contributed by atoms with van der Waals surface area (Å²) in [6.07, 6.45) is 1.59. The van der Waals surface area contributed by atoms with Crippen molar-refractivity contribution in [1.82, 2.24) is 9.88 Å². The molecule has 3 heterocycles. The monoisotopic (exact) mass is 413 g/mol. The Morgan fingerprint density at radius 3 is 2.75 bits per heavy atom. The summed E-state index contributed by atoms with van der Waals surface area (Å²) in [6.45, 7) is 4.13. The van der Waals surface area contributed by atoms with Crippen molar-refractivity contribution >= 4 is 40.2 Å². The number of amides is 2. The lowest BCUT2D eigenvalue weighted by Gasteiger charge is -2.27. The lowest BCUT2D eigenvalue weighted by Crippen LogP contribution is -2.41. The summed E-state index contributed by atoms with van der Waals surface area (Å²) < 4.78 is 5.32. The number of carbonyl (C=O) groups excluding carboxylic acids is 2. The molecule has 3 aromatic rings. The van der Waals surface area contributed by atoms with Gasteiger partial charge in [-0.05, 0) is 36.1 Å². The maximum Gasteiger partial charge on any atom is 0.267 e. The lowest BCUT2D eigenvalue weighted by atomic mass is 10.0. The van der Waals surface area contributed by atoms with Crippen LogP contribution >= 0.6 is 22.7 Å². The molecule has 4 rings (SSSR count). The van der Waals surface area contributed by atoms with E-state index in [1.165, 1.54) is 11.3 Å². The predicted octanol–water partition coefficient (Wildman–Crippen LogP) is 3.90. The van der Waals surface area contributed by atoms with Gasteiger partial charge in [-0.1, -0.05) is 12.1 Å². The third-order valence-electron chi connectivity index (χ3n) is 4.57. The summed E-state index contributed by atoms with van der Waals surface area (Å²) in [5, 5.41) is 5.73. The molecule has 0 saturated carbocycles. The number of hydrogen-bond donors (Lipinski definition) is 1. The van der Waals surface area contributed by atoms with E-state index in [4.69, 9.17) is 4.74 Å². The van der Waals surface area contributed by atoms with E-state index in [1.807, 2.05) is 30.5 Å². The highest BCUT2D eigenvalue weighted by molar-refractivity contribution is 7.22. The van der Waals surface area contributed by atoms with Crippen LogP contribution < -0.4 is 5.32 Å². The molecule has 1 fully saturated rings. The molecule has 0 atom stereocenters. The van der Waals surface area contributed by atoms with E-state index in [1.54, 1.807) is 34.6 Å². The van der Waals surface area contributed by atoms with E-state index in [0.29, 0.717) is 42.4 Å². The van der Waals surface area contributed by atoms with Gasteiger partial charge in [-0.15, -0.1) is 22.7 Å². The fraction of sp³-hybridized carbons (Fsp3) is 0.250. The summed E-state index contributed by atoms with van der Waals surface area (Å²) in [7, 11) is 0. The predicted molar refractivity (Wildman–Crippen MR) is 111 cm³/mol. The Hall–Kier alpha value is -2.55. The molecule has 2 aromatic heterocycles. The molecule has 28 heavy (non-hydrogen) atoms. The third-order valence-corrected chi connectivity index (χ3v) is 6.61. The molecular weight excluding hydrogens is 394 g/mol. The first-order valence-corrected chi connectivity index (χ1v) is 10.6. The summed E-state index contributed by atoms with van der Waals surface area (Å²) >= 11 is 2.95. The van der Waals surface area contributed by atoms with Gasteiger partial charge >= 0.3 is 0 Å². The number of anilines is 1. The Morgan fingerprint density at radius 1 is 1.18 bits per heavy atom. The quantitative estimate of drug-likeness (QED) is 0.704. The number of ether oxygens (including phenoxy) is 1. The summed E-state index contributed by atoms with van der Waals surface area (Å²) in [5.41, 5.74) is 1.99. The van der Waals surface area contributed by atoms with Crippen LogP contribution in [0.15, 0.2) is 41.9 Å². The minimum absolute atomic E-state index is 0.0327. The van der Waals surface area contributed by atoms with Crippen molar-refractivity contribution in [1.29, 1.82) is 0 Å². The second-order valence-corrected chi connectivity index (χ2v) is 8.32. The normalized spacial score (nSPS) is 14.1. The van der Waals surface area contributed by atoms with Crippen molar-refractivity contribution in [3.63, 3.8) is 0 Å². The molecule has 1 aromatic carbocycles. The first-order valence-electron chi connectivity index (χ1n) is 8.91. The van der Waals surface area contributed by atoms with Crippen molar-refractivity contribution in [3.05, 3.63) is 57.9 Å². The number of rotatable bonds is 4. The Morgan fingerprint density at radius 2 is 2.00 bits per heavy atom. The second kappa shape index (κ2) is 8.22. The van der Waals surface area contributed by atoms with Gasteiger partial charge in [0.25, 0.3) is 11.8 Å². The first-order chi connectivity index (χ1) is 13.6. The zero-order valence-corrected chi connectivity index (χ0v) is 16.9. The number of carbonyl (C=O) groups is 2. The van der Waals surface area contributed by atoms with Gasteiger partial charge in [-0.3, -0.25) is 9.59 Å². The number of nitrogens with zero attached hydrogens (tertiary/aromatic N) is 2. The number of morpholine rings is 1. The molecule has 0 aliphatic carbocycles. The fourth-order valence-corrected chi connectivity index (χ4v) is 4.63. The zero-order valence-electron chi connectivity index (χ0n) is 15.3. The van der Waals surface area contributed by atoms with E-state index in [-0.39, 0.29) is 11.8 Å². The number of thiophene rings is 1. The minimum Gasteiger partial charge on any atom is -0.378 e. The Labute approximate surface area is 170 Å². The van der Waals surface area contributed by atoms with E-state index >= 15 is 0 Å². The number of aromatic nitrogens is 1. The van der Waals surface area contributed by atoms with Crippen LogP contribution in [0.2, 0.25) is 0 Å². The number of hydrogen-bond acceptors (Lipinski definition) is 6. The van der Waals surface area contributed by atoms with Crippen molar-refractivity contribution in [3.8, 4) is 9.88 Å². The van der Waals surface area contributed by atoms with Gasteiger partial charge in [-0.2, -0.15) is 0 Å². The molecular formula is C20H19N3O3S2. The van der Waals surface area contributed by atoms with Gasteiger partial charge in [-0.25, -0.2) is 4.98 Å². The lowest BCUT2D eigenvalue weighted by molar-refractivity contribution is 0.0302. The van der Waals surface area contributed by atoms with E-state index < -0.39 is 0 Å². The van der Waals surface area contributed by atoms with Crippen LogP contribution in [0.25, 0.3) is 9.88 Å². The fourth-order valence-electron chi connectivity index (χ4n) is 3.02. The Bertz CT molecular complexity index is 992. The topological polar surface area (TPSA) is 71.5 Å². The molecule has 8 heteroatoms. The Balaban J connectivity index is 1.52. The third kappa shape index (κ3) is 3.84. The molecule has 144 valence electrons. The summed E-state index contributed by atoms with van der Waals surface area (Å²) in [4.78, 5) is 33.2. The van der Waals surface area contributed by atoms with Crippen molar-refractivity contribution in [2.45, 2.75) is 6.92 Å². The Kier molecular flexibility index (Phi) is 5.52. The standard InChI is InChI=1S/C20H19N3O3S2/c1-13-14(20(25)23-7-9-26-10-8-23)4-2-5-15(13)22-18(24)17-12-21-19(28-17)16-6-3-11-27-16/h2-6,11-12H,7-10H2,1H3,(H,22,24). The van der Waals surface area contributed by atoms with Gasteiger partial charge in [0.2, 0.25) is 0 Å². The van der Waals surface area contributed by atoms with Crippen molar-refractivity contribution in [2.75, 3.05) is 31.6 Å². The van der Waals surface area contributed by atoms with Gasteiger partial charge in [0.1, 0.15) is 9.88 Å². The van der Waals surface area contributed by atoms with Crippen LogP contribution in [0, 0.1) is 6.92 Å². The smallest absolute Gasteiger partial charge is 0.267 e. The van der Waals surface area contributed by atoms with Gasteiger partial charge in [0.05, 0.1) is 24.3 Å². The van der Waals surface area contributed by atoms with Crippen LogP contribution in [-0.2, 0) is 4.74 Å². The van der Waals surface area contributed by atoms with Crippen LogP contribution in [0.4, 0.5) is 5.69 Å². The highest BCUT2D eigenvalue weighted by Gasteiger charge is 2.22. The highest BCUT2D eigenvalue weighted by atomic mass is 32.1. The molecule has 1 N–H and O–H groups in total. The van der Waals surface area contributed by atoms with Gasteiger partial charge < -0.3 is 15.0 Å². The number of thiazole rings is 1. The highest BCUT2D eigenvalue weighted by Crippen LogP contribution is 2.29. The molecule has 1 aliphatic rings. The summed E-state index contributed by atoms with van der Waals surface area (Å²) in [6, 6.07) is 9.34. The summed E-state index contributed by atoms with van der Waals surface area (Å²) in [5.74, 6) is -0.256. The maximum atomic E-state index is 12.8. The zero-order chi connectivity index (χ0) is 19.5. The molecule has 2 amide bonds. The second-order valence-electron chi connectivity index (χ2n) is 6.34. The average Bonchev–Trinajstić information content (AvgIpc) is 3.41. The average molecular weight is 414 g/mol. The van der Waals surface area contributed by atoms with Crippen LogP contribution in [-0.4, -0.2) is 48.0 Å². The molecule has 0 spiro atoms. The molecule has 0 radical (unpaired) electrons. The molecule has 1 aliphatic heterocycles. The number of benzene rings is 1.